The first kappa shape index (κ1) is 14.2. The fourth-order valence-electron chi connectivity index (χ4n) is 1.74. The Balaban J connectivity index is 2.33. The summed E-state index contributed by atoms with van der Waals surface area (Å²) in [6.45, 7) is 7.10. The molecule has 0 spiro atoms. The molecule has 0 N–H and O–H groups in total. The molecule has 19 heavy (non-hydrogen) atoms. The van der Waals surface area contributed by atoms with Gasteiger partial charge in [0.1, 0.15) is 0 Å². The van der Waals surface area contributed by atoms with Crippen molar-refractivity contribution >= 4 is 33.0 Å². The van der Waals surface area contributed by atoms with E-state index < -0.39 is 0 Å². The van der Waals surface area contributed by atoms with Gasteiger partial charge in [0.25, 0.3) is 0 Å². The third-order valence-corrected chi connectivity index (χ3v) is 4.36. The third kappa shape index (κ3) is 3.42. The van der Waals surface area contributed by atoms with Gasteiger partial charge in [0.05, 0.1) is 5.71 Å². The smallest absolute Gasteiger partial charge is 0.210 e. The lowest BCUT2D eigenvalue weighted by Crippen LogP contribution is -2.14. The summed E-state index contributed by atoms with van der Waals surface area (Å²) in [4.78, 5) is 0.941. The predicted octanol–water partition coefficient (Wildman–Crippen LogP) is 3.97. The van der Waals surface area contributed by atoms with Crippen LogP contribution in [0.25, 0.3) is 0 Å². The van der Waals surface area contributed by atoms with Crippen molar-refractivity contribution in [1.29, 1.82) is 0 Å². The molecular weight excluding hydrogens is 322 g/mol. The summed E-state index contributed by atoms with van der Waals surface area (Å²) in [7, 11) is 0. The molecule has 0 radical (unpaired) electrons. The Labute approximate surface area is 125 Å². The largest absolute Gasteiger partial charge is 0.320 e. The van der Waals surface area contributed by atoms with Gasteiger partial charge in [0.15, 0.2) is 0 Å². The molecule has 0 aliphatic rings. The van der Waals surface area contributed by atoms with E-state index >= 15 is 0 Å². The molecule has 0 unspecified atom stereocenters. The number of aryl methyl sites for hydroxylation is 1. The van der Waals surface area contributed by atoms with Crippen LogP contribution < -0.4 is 4.80 Å². The SMILES string of the molecule is CCn1c(C)cs/c1=N\N=C(\C)c1ccc(Br)cc1. The van der Waals surface area contributed by atoms with Crippen LogP contribution in [0, 0.1) is 6.92 Å². The molecule has 0 aliphatic carbocycles. The Morgan fingerprint density at radius 1 is 1.32 bits per heavy atom. The Morgan fingerprint density at radius 3 is 2.63 bits per heavy atom. The lowest BCUT2D eigenvalue weighted by atomic mass is 10.1. The molecule has 100 valence electrons. The minimum absolute atomic E-state index is 0.918. The maximum atomic E-state index is 4.35. The van der Waals surface area contributed by atoms with Gasteiger partial charge in [-0.1, -0.05) is 28.1 Å². The molecule has 0 saturated carbocycles. The summed E-state index contributed by atoms with van der Waals surface area (Å²) in [5.74, 6) is 0. The molecule has 0 fully saturated rings. The standard InChI is InChI=1S/C14H16BrN3S/c1-4-18-10(2)9-19-14(18)17-16-11(3)12-5-7-13(15)8-6-12/h5-9H,4H2,1-3H3/b16-11-,17-14-. The van der Waals surface area contributed by atoms with Crippen LogP contribution in [-0.4, -0.2) is 10.3 Å². The highest BCUT2D eigenvalue weighted by Crippen LogP contribution is 2.11. The predicted molar refractivity (Wildman–Crippen MR) is 84.6 cm³/mol. The molecular formula is C14H16BrN3S. The van der Waals surface area contributed by atoms with Crippen LogP contribution in [0.4, 0.5) is 0 Å². The first-order valence-corrected chi connectivity index (χ1v) is 7.78. The van der Waals surface area contributed by atoms with E-state index in [-0.39, 0.29) is 0 Å². The minimum atomic E-state index is 0.918. The van der Waals surface area contributed by atoms with Gasteiger partial charge in [-0.3, -0.25) is 0 Å². The highest BCUT2D eigenvalue weighted by atomic mass is 79.9. The van der Waals surface area contributed by atoms with Crippen LogP contribution in [0.2, 0.25) is 0 Å². The number of halogens is 1. The third-order valence-electron chi connectivity index (χ3n) is 2.86. The Kier molecular flexibility index (Phi) is 4.71. The molecule has 0 atom stereocenters. The number of nitrogens with zero attached hydrogens (tertiary/aromatic N) is 3. The summed E-state index contributed by atoms with van der Waals surface area (Å²) in [6.07, 6.45) is 0. The maximum absolute atomic E-state index is 4.35. The lowest BCUT2D eigenvalue weighted by Gasteiger charge is -2.00. The molecule has 0 amide bonds. The van der Waals surface area contributed by atoms with E-state index in [0.29, 0.717) is 0 Å². The Bertz CT molecular complexity index is 650. The minimum Gasteiger partial charge on any atom is -0.320 e. The van der Waals surface area contributed by atoms with E-state index in [4.69, 9.17) is 0 Å². The van der Waals surface area contributed by atoms with Crippen molar-refractivity contribution in [3.63, 3.8) is 0 Å². The van der Waals surface area contributed by atoms with Gasteiger partial charge in [0.2, 0.25) is 4.80 Å². The van der Waals surface area contributed by atoms with Crippen LogP contribution in [0.15, 0.2) is 44.3 Å². The second kappa shape index (κ2) is 6.30. The van der Waals surface area contributed by atoms with E-state index in [0.717, 1.165) is 27.1 Å². The van der Waals surface area contributed by atoms with Crippen LogP contribution in [-0.2, 0) is 6.54 Å². The second-order valence-corrected chi connectivity index (χ2v) is 5.95. The summed E-state index contributed by atoms with van der Waals surface area (Å²) >= 11 is 5.05. The van der Waals surface area contributed by atoms with Crippen LogP contribution in [0.5, 0.6) is 0 Å². The first-order chi connectivity index (χ1) is 9.11. The maximum Gasteiger partial charge on any atom is 0.210 e. The Hall–Kier alpha value is -1.20. The monoisotopic (exact) mass is 337 g/mol. The van der Waals surface area contributed by atoms with Crippen molar-refractivity contribution in [3.8, 4) is 0 Å². The normalized spacial score (nSPS) is 13.1. The molecule has 0 saturated heterocycles. The van der Waals surface area contributed by atoms with E-state index in [1.54, 1.807) is 11.3 Å². The average Bonchev–Trinajstić information content (AvgIpc) is 2.77. The average molecular weight is 338 g/mol. The van der Waals surface area contributed by atoms with Gasteiger partial charge >= 0.3 is 0 Å². The molecule has 2 aromatic rings. The molecule has 0 bridgehead atoms. The lowest BCUT2D eigenvalue weighted by molar-refractivity contribution is 0.705. The zero-order chi connectivity index (χ0) is 13.8. The van der Waals surface area contributed by atoms with Gasteiger partial charge in [-0.15, -0.1) is 16.4 Å². The van der Waals surface area contributed by atoms with Crippen molar-refractivity contribution in [2.24, 2.45) is 10.2 Å². The molecule has 3 nitrogen and oxygen atoms in total. The topological polar surface area (TPSA) is 29.6 Å². The van der Waals surface area contributed by atoms with Crippen molar-refractivity contribution in [2.75, 3.05) is 0 Å². The number of hydrogen-bond donors (Lipinski definition) is 0. The quantitative estimate of drug-likeness (QED) is 0.599. The molecule has 1 heterocycles. The summed E-state index contributed by atoms with van der Waals surface area (Å²) in [5, 5.41) is 10.8. The van der Waals surface area contributed by atoms with Gasteiger partial charge in [-0.05, 0) is 38.5 Å². The first-order valence-electron chi connectivity index (χ1n) is 6.11. The molecule has 5 heteroatoms. The van der Waals surface area contributed by atoms with Crippen molar-refractivity contribution < 1.29 is 0 Å². The second-order valence-electron chi connectivity index (χ2n) is 4.20. The highest BCUT2D eigenvalue weighted by molar-refractivity contribution is 9.10. The number of benzene rings is 1. The van der Waals surface area contributed by atoms with E-state index in [9.17, 15) is 0 Å². The fraction of sp³-hybridized carbons (Fsp3) is 0.286. The number of rotatable bonds is 3. The van der Waals surface area contributed by atoms with Crippen molar-refractivity contribution in [2.45, 2.75) is 27.3 Å². The molecule has 1 aromatic carbocycles. The van der Waals surface area contributed by atoms with Crippen molar-refractivity contribution in [3.05, 3.63) is 50.2 Å². The van der Waals surface area contributed by atoms with Gasteiger partial charge in [-0.25, -0.2) is 0 Å². The molecule has 2 rings (SSSR count). The van der Waals surface area contributed by atoms with E-state index in [1.165, 1.54) is 5.69 Å². The van der Waals surface area contributed by atoms with Crippen LogP contribution in [0.3, 0.4) is 0 Å². The van der Waals surface area contributed by atoms with Gasteiger partial charge < -0.3 is 4.57 Å². The number of aromatic nitrogens is 1. The number of thiazole rings is 1. The highest BCUT2D eigenvalue weighted by Gasteiger charge is 1.99. The zero-order valence-electron chi connectivity index (χ0n) is 11.2. The van der Waals surface area contributed by atoms with Crippen molar-refractivity contribution in [1.82, 2.24) is 4.57 Å². The number of hydrogen-bond acceptors (Lipinski definition) is 3. The summed E-state index contributed by atoms with van der Waals surface area (Å²) < 4.78 is 3.22. The van der Waals surface area contributed by atoms with Gasteiger partial charge in [-0.2, -0.15) is 5.10 Å². The molecule has 0 aliphatic heterocycles. The van der Waals surface area contributed by atoms with E-state index in [2.05, 4.69) is 49.9 Å². The fourth-order valence-corrected chi connectivity index (χ4v) is 2.90. The Morgan fingerprint density at radius 2 is 2.00 bits per heavy atom. The summed E-state index contributed by atoms with van der Waals surface area (Å²) in [5.41, 5.74) is 3.23. The van der Waals surface area contributed by atoms with E-state index in [1.807, 2.05) is 31.2 Å². The molecule has 1 aromatic heterocycles. The van der Waals surface area contributed by atoms with Gasteiger partial charge in [0, 0.05) is 22.1 Å². The van der Waals surface area contributed by atoms with Crippen LogP contribution >= 0.6 is 27.3 Å². The van der Waals surface area contributed by atoms with Crippen LogP contribution in [0.1, 0.15) is 25.1 Å². The zero-order valence-corrected chi connectivity index (χ0v) is 13.6. The summed E-state index contributed by atoms with van der Waals surface area (Å²) in [6, 6.07) is 8.09.